The molecule has 2 atom stereocenters. The lowest BCUT2D eigenvalue weighted by Gasteiger charge is -2.49. The van der Waals surface area contributed by atoms with Crippen molar-refractivity contribution >= 4 is 0 Å². The predicted octanol–water partition coefficient (Wildman–Crippen LogP) is 1.50. The monoisotopic (exact) mass is 184 g/mol. The lowest BCUT2D eigenvalue weighted by molar-refractivity contribution is -0.212. The summed E-state index contributed by atoms with van der Waals surface area (Å²) in [6.45, 7) is 4.18. The maximum absolute atomic E-state index is 6.00. The highest BCUT2D eigenvalue weighted by molar-refractivity contribution is 4.87. The quantitative estimate of drug-likeness (QED) is 0.617. The van der Waals surface area contributed by atoms with Crippen molar-refractivity contribution in [2.75, 3.05) is 7.05 Å². The van der Waals surface area contributed by atoms with Crippen molar-refractivity contribution in [2.45, 2.75) is 57.4 Å². The van der Waals surface area contributed by atoms with Crippen LogP contribution in [0.1, 0.15) is 39.5 Å². The van der Waals surface area contributed by atoms with Gasteiger partial charge in [-0.25, -0.2) is 10.4 Å². The van der Waals surface area contributed by atoms with Crippen LogP contribution < -0.4 is 5.43 Å². The van der Waals surface area contributed by atoms with Crippen molar-refractivity contribution in [3.63, 3.8) is 0 Å². The molecule has 2 rings (SSSR count). The molecule has 1 heterocycles. The van der Waals surface area contributed by atoms with Crippen LogP contribution in [0.25, 0.3) is 0 Å². The minimum atomic E-state index is -0.187. The molecule has 0 aromatic heterocycles. The second kappa shape index (κ2) is 3.23. The van der Waals surface area contributed by atoms with Crippen LogP contribution in [0.3, 0.4) is 0 Å². The third-order valence-corrected chi connectivity index (χ3v) is 3.06. The Morgan fingerprint density at radius 3 is 2.77 bits per heavy atom. The summed E-state index contributed by atoms with van der Waals surface area (Å²) in [6.07, 6.45) is 5.60. The summed E-state index contributed by atoms with van der Waals surface area (Å²) in [5.41, 5.74) is 3.18. The highest BCUT2D eigenvalue weighted by Gasteiger charge is 2.39. The minimum Gasteiger partial charge on any atom is -0.355 e. The Balaban J connectivity index is 2.07. The molecule has 0 amide bonds. The lowest BCUT2D eigenvalue weighted by Crippen LogP contribution is -2.65. The molecule has 0 unspecified atom stereocenters. The van der Waals surface area contributed by atoms with Gasteiger partial charge in [-0.05, 0) is 26.7 Å². The number of likely N-dealkylation sites (N-methyl/N-ethyl adjacent to an activating group) is 1. The van der Waals surface area contributed by atoms with Crippen LogP contribution in [-0.4, -0.2) is 29.9 Å². The fourth-order valence-corrected chi connectivity index (χ4v) is 2.57. The highest BCUT2D eigenvalue weighted by atomic mass is 16.5. The van der Waals surface area contributed by atoms with E-state index in [1.165, 1.54) is 25.7 Å². The summed E-state index contributed by atoms with van der Waals surface area (Å²) < 4.78 is 6.00. The van der Waals surface area contributed by atoms with E-state index >= 15 is 0 Å². The summed E-state index contributed by atoms with van der Waals surface area (Å²) >= 11 is 0. The van der Waals surface area contributed by atoms with E-state index in [4.69, 9.17) is 4.74 Å². The van der Waals surface area contributed by atoms with Crippen molar-refractivity contribution in [3.8, 4) is 0 Å². The number of nitrogens with one attached hydrogen (secondary N) is 1. The van der Waals surface area contributed by atoms with Crippen molar-refractivity contribution in [1.82, 2.24) is 10.4 Å². The molecule has 2 aliphatic rings. The van der Waals surface area contributed by atoms with Crippen LogP contribution in [-0.2, 0) is 4.74 Å². The molecule has 0 radical (unpaired) electrons. The van der Waals surface area contributed by atoms with Gasteiger partial charge in [0.25, 0.3) is 0 Å². The Morgan fingerprint density at radius 2 is 2.00 bits per heavy atom. The van der Waals surface area contributed by atoms with E-state index in [-0.39, 0.29) is 5.72 Å². The Bertz CT molecular complexity index is 193. The average Bonchev–Trinajstić information content (AvgIpc) is 2.02. The number of hydrazine groups is 1. The van der Waals surface area contributed by atoms with Crippen LogP contribution >= 0.6 is 0 Å². The fraction of sp³-hybridized carbons (Fsp3) is 1.00. The van der Waals surface area contributed by atoms with Gasteiger partial charge >= 0.3 is 0 Å². The number of hydrogen-bond acceptors (Lipinski definition) is 3. The zero-order valence-corrected chi connectivity index (χ0v) is 8.84. The molecule has 2 fully saturated rings. The second-order valence-corrected chi connectivity index (χ2v) is 4.74. The SMILES string of the molecule is CN1NC(C)(C)O[C@@H]2CCCC[C@H]21. The standard InChI is InChI=1S/C10H20N2O/c1-10(2)11-12(3)8-6-4-5-7-9(8)13-10/h8-9,11H,4-7H2,1-3H3/t8-,9-/m1/s1. The van der Waals surface area contributed by atoms with Crippen molar-refractivity contribution in [1.29, 1.82) is 0 Å². The number of hydrogen-bond donors (Lipinski definition) is 1. The largest absolute Gasteiger partial charge is 0.355 e. The molecule has 0 spiro atoms. The normalized spacial score (nSPS) is 39.9. The molecule has 0 aromatic rings. The van der Waals surface area contributed by atoms with Crippen LogP contribution in [0.15, 0.2) is 0 Å². The molecule has 13 heavy (non-hydrogen) atoms. The first-order chi connectivity index (χ1) is 6.08. The van der Waals surface area contributed by atoms with E-state index in [9.17, 15) is 0 Å². The molecule has 3 nitrogen and oxygen atoms in total. The van der Waals surface area contributed by atoms with Crippen molar-refractivity contribution < 1.29 is 4.74 Å². The predicted molar refractivity (Wildman–Crippen MR) is 52.1 cm³/mol. The van der Waals surface area contributed by atoms with Gasteiger partial charge in [0, 0.05) is 7.05 Å². The molecule has 1 aliphatic carbocycles. The molecule has 3 heteroatoms. The third kappa shape index (κ3) is 1.87. The van der Waals surface area contributed by atoms with Crippen LogP contribution in [0.4, 0.5) is 0 Å². The average molecular weight is 184 g/mol. The summed E-state index contributed by atoms with van der Waals surface area (Å²) in [6, 6.07) is 0.585. The second-order valence-electron chi connectivity index (χ2n) is 4.74. The van der Waals surface area contributed by atoms with Gasteiger partial charge in [0.05, 0.1) is 12.1 Å². The van der Waals surface area contributed by atoms with Crippen LogP contribution in [0, 0.1) is 0 Å². The maximum Gasteiger partial charge on any atom is 0.126 e. The van der Waals surface area contributed by atoms with Crippen LogP contribution in [0.2, 0.25) is 0 Å². The molecule has 1 saturated heterocycles. The number of nitrogens with zero attached hydrogens (tertiary/aromatic N) is 1. The van der Waals surface area contributed by atoms with Gasteiger partial charge in [0.15, 0.2) is 0 Å². The first-order valence-corrected chi connectivity index (χ1v) is 5.27. The van der Waals surface area contributed by atoms with E-state index in [1.54, 1.807) is 0 Å². The first-order valence-electron chi connectivity index (χ1n) is 5.27. The Kier molecular flexibility index (Phi) is 2.34. The van der Waals surface area contributed by atoms with E-state index in [0.29, 0.717) is 12.1 Å². The molecule has 0 bridgehead atoms. The molecular weight excluding hydrogens is 164 g/mol. The maximum atomic E-state index is 6.00. The molecule has 76 valence electrons. The molecule has 1 N–H and O–H groups in total. The minimum absolute atomic E-state index is 0.187. The fourth-order valence-electron chi connectivity index (χ4n) is 2.57. The third-order valence-electron chi connectivity index (χ3n) is 3.06. The van der Waals surface area contributed by atoms with E-state index < -0.39 is 0 Å². The number of ether oxygens (including phenoxy) is 1. The van der Waals surface area contributed by atoms with E-state index in [2.05, 4.69) is 31.3 Å². The lowest BCUT2D eigenvalue weighted by atomic mass is 9.91. The van der Waals surface area contributed by atoms with Crippen molar-refractivity contribution in [3.05, 3.63) is 0 Å². The Hall–Kier alpha value is -0.120. The van der Waals surface area contributed by atoms with E-state index in [0.717, 1.165) is 0 Å². The zero-order valence-electron chi connectivity index (χ0n) is 8.84. The smallest absolute Gasteiger partial charge is 0.126 e. The molecule has 0 aromatic carbocycles. The van der Waals surface area contributed by atoms with Gasteiger partial charge in [0.2, 0.25) is 0 Å². The zero-order chi connectivity index (χ0) is 9.47. The Labute approximate surface area is 80.4 Å². The summed E-state index contributed by atoms with van der Waals surface area (Å²) in [4.78, 5) is 0. The molecule has 1 saturated carbocycles. The molecule has 1 aliphatic heterocycles. The van der Waals surface area contributed by atoms with Gasteiger partial charge in [0.1, 0.15) is 5.72 Å². The summed E-state index contributed by atoms with van der Waals surface area (Å²) in [5.74, 6) is 0. The van der Waals surface area contributed by atoms with Gasteiger partial charge < -0.3 is 4.74 Å². The summed E-state index contributed by atoms with van der Waals surface area (Å²) in [7, 11) is 2.13. The molecular formula is C10H20N2O. The number of fused-ring (bicyclic) bond motifs is 1. The van der Waals surface area contributed by atoms with Gasteiger partial charge in [-0.3, -0.25) is 0 Å². The Morgan fingerprint density at radius 1 is 1.31 bits per heavy atom. The number of rotatable bonds is 0. The first kappa shape index (κ1) is 9.44. The van der Waals surface area contributed by atoms with Crippen LogP contribution in [0.5, 0.6) is 0 Å². The van der Waals surface area contributed by atoms with Gasteiger partial charge in [-0.15, -0.1) is 0 Å². The van der Waals surface area contributed by atoms with E-state index in [1.807, 2.05) is 0 Å². The summed E-state index contributed by atoms with van der Waals surface area (Å²) in [5, 5.41) is 2.24. The van der Waals surface area contributed by atoms with Gasteiger partial charge in [-0.1, -0.05) is 12.8 Å². The topological polar surface area (TPSA) is 24.5 Å². The van der Waals surface area contributed by atoms with Gasteiger partial charge in [-0.2, -0.15) is 0 Å². The van der Waals surface area contributed by atoms with Crippen molar-refractivity contribution in [2.24, 2.45) is 0 Å². The highest BCUT2D eigenvalue weighted by Crippen LogP contribution is 2.30.